The number of hydrogen-bond donors (Lipinski definition) is 1. The zero-order chi connectivity index (χ0) is 18.5. The topological polar surface area (TPSA) is 85.6 Å². The maximum Gasteiger partial charge on any atom is 0.325 e. The Morgan fingerprint density at radius 3 is 2.88 bits per heavy atom. The number of carbonyl (C=O) groups excluding carboxylic acids is 2. The quantitative estimate of drug-likeness (QED) is 0.324. The molecule has 1 aromatic carbocycles. The number of nitrogens with one attached hydrogen (secondary N) is 1. The van der Waals surface area contributed by atoms with E-state index >= 15 is 0 Å². The predicted octanol–water partition coefficient (Wildman–Crippen LogP) is 2.63. The largest absolute Gasteiger partial charge is 0.468 e. The summed E-state index contributed by atoms with van der Waals surface area (Å²) in [6.45, 7) is 0.0858. The van der Waals surface area contributed by atoms with Gasteiger partial charge in [-0.1, -0.05) is 29.8 Å². The highest BCUT2D eigenvalue weighted by atomic mass is 35.5. The SMILES string of the molecule is COC(=O)Cn1cc(C=NNC(=O)c2cccnc2Cl)c2ccccc21. The number of halogens is 1. The van der Waals surface area contributed by atoms with Crippen molar-refractivity contribution in [2.24, 2.45) is 5.10 Å². The minimum Gasteiger partial charge on any atom is -0.468 e. The van der Waals surface area contributed by atoms with Gasteiger partial charge < -0.3 is 9.30 Å². The number of hydrazone groups is 1. The molecule has 0 unspecified atom stereocenters. The van der Waals surface area contributed by atoms with Crippen molar-refractivity contribution in [3.63, 3.8) is 0 Å². The molecule has 3 aromatic rings. The third-order valence-corrected chi connectivity index (χ3v) is 4.02. The van der Waals surface area contributed by atoms with Crippen LogP contribution in [-0.4, -0.2) is 34.8 Å². The number of nitrogens with zero attached hydrogens (tertiary/aromatic N) is 3. The number of methoxy groups -OCH3 is 1. The van der Waals surface area contributed by atoms with E-state index in [2.05, 4.69) is 15.5 Å². The first-order valence-corrected chi connectivity index (χ1v) is 8.06. The van der Waals surface area contributed by atoms with Gasteiger partial charge in [0.15, 0.2) is 0 Å². The van der Waals surface area contributed by atoms with Gasteiger partial charge in [-0.3, -0.25) is 9.59 Å². The molecule has 26 heavy (non-hydrogen) atoms. The molecular formula is C18H15ClN4O3. The lowest BCUT2D eigenvalue weighted by Gasteiger charge is -2.02. The summed E-state index contributed by atoms with van der Waals surface area (Å²) in [6.07, 6.45) is 4.78. The van der Waals surface area contributed by atoms with Crippen LogP contribution >= 0.6 is 11.6 Å². The molecule has 132 valence electrons. The number of fused-ring (bicyclic) bond motifs is 1. The molecule has 3 rings (SSSR count). The van der Waals surface area contributed by atoms with Crippen LogP contribution in [0.25, 0.3) is 10.9 Å². The second-order valence-corrected chi connectivity index (χ2v) is 5.70. The lowest BCUT2D eigenvalue weighted by molar-refractivity contribution is -0.141. The first-order valence-electron chi connectivity index (χ1n) is 7.68. The van der Waals surface area contributed by atoms with Crippen LogP contribution < -0.4 is 5.43 Å². The number of carbonyl (C=O) groups is 2. The van der Waals surface area contributed by atoms with Gasteiger partial charge in [0.05, 0.1) is 18.9 Å². The third kappa shape index (κ3) is 3.73. The second kappa shape index (κ2) is 7.79. The first-order chi connectivity index (χ1) is 12.6. The summed E-state index contributed by atoms with van der Waals surface area (Å²) in [5.41, 5.74) is 4.27. The van der Waals surface area contributed by atoms with Crippen LogP contribution in [0, 0.1) is 0 Å². The lowest BCUT2D eigenvalue weighted by Crippen LogP contribution is -2.18. The number of amides is 1. The number of para-hydroxylation sites is 1. The van der Waals surface area contributed by atoms with E-state index in [9.17, 15) is 9.59 Å². The highest BCUT2D eigenvalue weighted by Gasteiger charge is 2.11. The van der Waals surface area contributed by atoms with Gasteiger partial charge in [-0.15, -0.1) is 0 Å². The Labute approximate surface area is 154 Å². The number of rotatable bonds is 5. The Morgan fingerprint density at radius 1 is 1.31 bits per heavy atom. The molecule has 1 N–H and O–H groups in total. The molecule has 7 nitrogen and oxygen atoms in total. The van der Waals surface area contributed by atoms with Crippen molar-refractivity contribution in [2.45, 2.75) is 6.54 Å². The summed E-state index contributed by atoms with van der Waals surface area (Å²) in [6, 6.07) is 10.7. The van der Waals surface area contributed by atoms with Crippen molar-refractivity contribution in [1.29, 1.82) is 0 Å². The molecule has 0 saturated heterocycles. The summed E-state index contributed by atoms with van der Waals surface area (Å²) in [5, 5.41) is 4.98. The van der Waals surface area contributed by atoms with Crippen molar-refractivity contribution in [2.75, 3.05) is 7.11 Å². The summed E-state index contributed by atoms with van der Waals surface area (Å²) >= 11 is 5.89. The first kappa shape index (κ1) is 17.6. The monoisotopic (exact) mass is 370 g/mol. The van der Waals surface area contributed by atoms with Crippen molar-refractivity contribution in [3.8, 4) is 0 Å². The number of pyridine rings is 1. The smallest absolute Gasteiger partial charge is 0.325 e. The van der Waals surface area contributed by atoms with Gasteiger partial charge in [0.25, 0.3) is 5.91 Å². The number of hydrogen-bond acceptors (Lipinski definition) is 5. The molecule has 0 aliphatic carbocycles. The standard InChI is InChI=1S/C18H15ClN4O3/c1-26-16(24)11-23-10-12(13-5-2-3-7-15(13)23)9-21-22-18(25)14-6-4-8-20-17(14)19/h2-10H,11H2,1H3,(H,22,25). The predicted molar refractivity (Wildman–Crippen MR) is 98.3 cm³/mol. The average Bonchev–Trinajstić information content (AvgIpc) is 2.99. The second-order valence-electron chi connectivity index (χ2n) is 5.35. The summed E-state index contributed by atoms with van der Waals surface area (Å²) < 4.78 is 6.48. The Hall–Kier alpha value is -3.19. The minimum atomic E-state index is -0.461. The van der Waals surface area contributed by atoms with E-state index < -0.39 is 5.91 Å². The van der Waals surface area contributed by atoms with Gasteiger partial charge in [0.1, 0.15) is 11.7 Å². The zero-order valence-electron chi connectivity index (χ0n) is 13.8. The maximum absolute atomic E-state index is 12.1. The van der Waals surface area contributed by atoms with Crippen LogP contribution in [-0.2, 0) is 16.1 Å². The molecule has 1 amide bonds. The fraction of sp³-hybridized carbons (Fsp3) is 0.111. The molecular weight excluding hydrogens is 356 g/mol. The normalized spacial score (nSPS) is 11.0. The molecule has 0 fully saturated rings. The highest BCUT2D eigenvalue weighted by Crippen LogP contribution is 2.20. The number of benzene rings is 1. The average molecular weight is 371 g/mol. The Bertz CT molecular complexity index is 997. The van der Waals surface area contributed by atoms with Gasteiger partial charge in [-0.05, 0) is 18.2 Å². The molecule has 0 spiro atoms. The number of ether oxygens (including phenoxy) is 1. The molecule has 0 radical (unpaired) electrons. The van der Waals surface area contributed by atoms with E-state index in [0.29, 0.717) is 0 Å². The number of esters is 1. The van der Waals surface area contributed by atoms with Gasteiger partial charge in [0.2, 0.25) is 0 Å². The van der Waals surface area contributed by atoms with E-state index in [1.165, 1.54) is 19.5 Å². The van der Waals surface area contributed by atoms with Crippen LogP contribution in [0.4, 0.5) is 0 Å². The van der Waals surface area contributed by atoms with Crippen molar-refractivity contribution in [3.05, 3.63) is 65.1 Å². The minimum absolute atomic E-state index is 0.0858. The molecule has 0 atom stereocenters. The summed E-state index contributed by atoms with van der Waals surface area (Å²) in [7, 11) is 1.34. The van der Waals surface area contributed by atoms with Crippen LogP contribution in [0.2, 0.25) is 5.15 Å². The van der Waals surface area contributed by atoms with Crippen LogP contribution in [0.15, 0.2) is 53.9 Å². The van der Waals surface area contributed by atoms with Crippen molar-refractivity contribution in [1.82, 2.24) is 15.0 Å². The van der Waals surface area contributed by atoms with E-state index in [1.807, 2.05) is 24.3 Å². The van der Waals surface area contributed by atoms with E-state index in [-0.39, 0.29) is 23.2 Å². The van der Waals surface area contributed by atoms with E-state index in [4.69, 9.17) is 16.3 Å². The summed E-state index contributed by atoms with van der Waals surface area (Å²) in [5.74, 6) is -0.814. The van der Waals surface area contributed by atoms with Crippen molar-refractivity contribution >= 4 is 40.6 Å². The zero-order valence-corrected chi connectivity index (χ0v) is 14.6. The highest BCUT2D eigenvalue weighted by molar-refractivity contribution is 6.32. The lowest BCUT2D eigenvalue weighted by atomic mass is 10.2. The van der Waals surface area contributed by atoms with Crippen LogP contribution in [0.5, 0.6) is 0 Å². The molecule has 0 aliphatic heterocycles. The molecule has 0 bridgehead atoms. The number of aromatic nitrogens is 2. The molecule has 2 aromatic heterocycles. The van der Waals surface area contributed by atoms with Gasteiger partial charge >= 0.3 is 5.97 Å². The molecule has 8 heteroatoms. The maximum atomic E-state index is 12.1. The fourth-order valence-electron chi connectivity index (χ4n) is 2.49. The third-order valence-electron chi connectivity index (χ3n) is 3.72. The van der Waals surface area contributed by atoms with Gasteiger partial charge in [0, 0.05) is 28.9 Å². The molecule has 2 heterocycles. The Morgan fingerprint density at radius 2 is 2.12 bits per heavy atom. The van der Waals surface area contributed by atoms with E-state index in [0.717, 1.165) is 16.5 Å². The fourth-order valence-corrected chi connectivity index (χ4v) is 2.69. The van der Waals surface area contributed by atoms with Gasteiger partial charge in [-0.25, -0.2) is 10.4 Å². The molecule has 0 saturated carbocycles. The Kier molecular flexibility index (Phi) is 5.28. The Balaban J connectivity index is 1.82. The van der Waals surface area contributed by atoms with Crippen LogP contribution in [0.1, 0.15) is 15.9 Å². The summed E-state index contributed by atoms with van der Waals surface area (Å²) in [4.78, 5) is 27.5. The van der Waals surface area contributed by atoms with Crippen molar-refractivity contribution < 1.29 is 14.3 Å². The van der Waals surface area contributed by atoms with Crippen LogP contribution in [0.3, 0.4) is 0 Å². The van der Waals surface area contributed by atoms with Gasteiger partial charge in [-0.2, -0.15) is 5.10 Å². The van der Waals surface area contributed by atoms with E-state index in [1.54, 1.807) is 22.9 Å². The molecule has 0 aliphatic rings.